The lowest BCUT2D eigenvalue weighted by Gasteiger charge is -2.12. The third-order valence-electron chi connectivity index (χ3n) is 3.29. The van der Waals surface area contributed by atoms with E-state index in [1.165, 1.54) is 14.0 Å². The fourth-order valence-corrected chi connectivity index (χ4v) is 2.09. The molecule has 0 spiro atoms. The van der Waals surface area contributed by atoms with Crippen molar-refractivity contribution < 1.29 is 24.2 Å². The Kier molecular flexibility index (Phi) is 6.59. The Morgan fingerprint density at radius 2 is 1.81 bits per heavy atom. The van der Waals surface area contributed by atoms with Crippen LogP contribution in [-0.4, -0.2) is 29.9 Å². The quantitative estimate of drug-likeness (QED) is 0.744. The molecule has 1 unspecified atom stereocenters. The molecule has 1 aromatic carbocycles. The smallest absolute Gasteiger partial charge is 0.337 e. The zero-order valence-electron chi connectivity index (χ0n) is 12.3. The molecule has 0 fully saturated rings. The number of methoxy groups -OCH3 is 1. The lowest BCUT2D eigenvalue weighted by molar-refractivity contribution is -0.142. The first-order valence-corrected chi connectivity index (χ1v) is 6.83. The van der Waals surface area contributed by atoms with Crippen LogP contribution in [0.5, 0.6) is 0 Å². The van der Waals surface area contributed by atoms with Crippen molar-refractivity contribution >= 4 is 17.7 Å². The van der Waals surface area contributed by atoms with Crippen molar-refractivity contribution in [3.05, 3.63) is 35.4 Å². The number of esters is 1. The number of Topliss-reactive ketones (excluding diaryl/α,β-unsaturated/α-hetero) is 1. The maximum Gasteiger partial charge on any atom is 0.337 e. The Bertz CT molecular complexity index is 504. The van der Waals surface area contributed by atoms with Crippen LogP contribution in [0.2, 0.25) is 0 Å². The number of carboxylic acids is 1. The summed E-state index contributed by atoms with van der Waals surface area (Å²) in [5, 5.41) is 9.22. The molecule has 0 saturated heterocycles. The summed E-state index contributed by atoms with van der Waals surface area (Å²) < 4.78 is 4.61. The second kappa shape index (κ2) is 8.19. The van der Waals surface area contributed by atoms with E-state index >= 15 is 0 Å². The molecule has 0 aliphatic rings. The fourth-order valence-electron chi connectivity index (χ4n) is 2.09. The van der Waals surface area contributed by atoms with Gasteiger partial charge in [0.15, 0.2) is 0 Å². The molecular formula is C16H20O5. The van der Waals surface area contributed by atoms with Crippen molar-refractivity contribution in [1.29, 1.82) is 0 Å². The van der Waals surface area contributed by atoms with Crippen LogP contribution in [0, 0.1) is 5.92 Å². The molecule has 0 aliphatic carbocycles. The van der Waals surface area contributed by atoms with Gasteiger partial charge in [0.05, 0.1) is 18.6 Å². The molecule has 1 rings (SSSR count). The average Bonchev–Trinajstić information content (AvgIpc) is 2.45. The van der Waals surface area contributed by atoms with Crippen LogP contribution < -0.4 is 0 Å². The summed E-state index contributed by atoms with van der Waals surface area (Å²) in [4.78, 5) is 33.4. The first kappa shape index (κ1) is 16.9. The molecule has 0 radical (unpaired) electrons. The number of benzene rings is 1. The number of ketones is 1. The number of hydrogen-bond acceptors (Lipinski definition) is 4. The van der Waals surface area contributed by atoms with Crippen LogP contribution in [0.25, 0.3) is 0 Å². The lowest BCUT2D eigenvalue weighted by atomic mass is 9.93. The van der Waals surface area contributed by atoms with E-state index in [4.69, 9.17) is 0 Å². The maximum absolute atomic E-state index is 11.3. The second-order valence-corrected chi connectivity index (χ2v) is 5.02. The Morgan fingerprint density at radius 1 is 1.19 bits per heavy atom. The molecule has 1 atom stereocenters. The molecule has 0 heterocycles. The Balaban J connectivity index is 2.64. The van der Waals surface area contributed by atoms with Crippen molar-refractivity contribution in [2.45, 2.75) is 32.6 Å². The average molecular weight is 292 g/mol. The third kappa shape index (κ3) is 5.77. The monoisotopic (exact) mass is 292 g/mol. The van der Waals surface area contributed by atoms with Crippen LogP contribution in [0.15, 0.2) is 24.3 Å². The fraction of sp³-hybridized carbons (Fsp3) is 0.438. The second-order valence-electron chi connectivity index (χ2n) is 5.02. The molecule has 0 aliphatic heterocycles. The molecule has 5 heteroatoms. The van der Waals surface area contributed by atoms with Crippen LogP contribution in [0.3, 0.4) is 0 Å². The normalized spacial score (nSPS) is 11.7. The standard InChI is InChI=1S/C16H20O5/c1-11(17)4-3-5-14(15(18)19)10-12-6-8-13(9-7-12)16(20)21-2/h6-9,14H,3-5,10H2,1-2H3,(H,18,19). The Labute approximate surface area is 123 Å². The lowest BCUT2D eigenvalue weighted by Crippen LogP contribution is -2.17. The summed E-state index contributed by atoms with van der Waals surface area (Å²) in [6.07, 6.45) is 1.83. The number of carbonyl (C=O) groups excluding carboxylic acids is 2. The van der Waals surface area contributed by atoms with E-state index in [1.807, 2.05) is 0 Å². The number of carbonyl (C=O) groups is 3. The van der Waals surface area contributed by atoms with Gasteiger partial charge in [-0.3, -0.25) is 4.79 Å². The van der Waals surface area contributed by atoms with Gasteiger partial charge in [-0.15, -0.1) is 0 Å². The highest BCUT2D eigenvalue weighted by Crippen LogP contribution is 2.17. The topological polar surface area (TPSA) is 80.7 Å². The summed E-state index contributed by atoms with van der Waals surface area (Å²) in [7, 11) is 1.31. The summed E-state index contributed by atoms with van der Waals surface area (Å²) in [5.41, 5.74) is 1.28. The van der Waals surface area contributed by atoms with Crippen molar-refractivity contribution in [1.82, 2.24) is 0 Å². The van der Waals surface area contributed by atoms with Gasteiger partial charge in [0, 0.05) is 6.42 Å². The highest BCUT2D eigenvalue weighted by atomic mass is 16.5. The molecule has 0 amide bonds. The van der Waals surface area contributed by atoms with Crippen LogP contribution in [0.4, 0.5) is 0 Å². The predicted octanol–water partition coefficient (Wildman–Crippen LogP) is 2.48. The highest BCUT2D eigenvalue weighted by Gasteiger charge is 2.18. The van der Waals surface area contributed by atoms with E-state index in [-0.39, 0.29) is 5.78 Å². The van der Waals surface area contributed by atoms with Crippen LogP contribution in [-0.2, 0) is 20.7 Å². The number of aliphatic carboxylic acids is 1. The minimum absolute atomic E-state index is 0.0709. The maximum atomic E-state index is 11.3. The number of ether oxygens (including phenoxy) is 1. The van der Waals surface area contributed by atoms with Gasteiger partial charge in [-0.25, -0.2) is 4.79 Å². The van der Waals surface area contributed by atoms with Gasteiger partial charge in [0.1, 0.15) is 5.78 Å². The Hall–Kier alpha value is -2.17. The van der Waals surface area contributed by atoms with Gasteiger partial charge >= 0.3 is 11.9 Å². The minimum atomic E-state index is -0.865. The van der Waals surface area contributed by atoms with Crippen molar-refractivity contribution in [2.24, 2.45) is 5.92 Å². The summed E-state index contributed by atoms with van der Waals surface area (Å²) in [6.45, 7) is 1.50. The van der Waals surface area contributed by atoms with Crippen molar-refractivity contribution in [3.8, 4) is 0 Å². The first-order valence-electron chi connectivity index (χ1n) is 6.83. The van der Waals surface area contributed by atoms with Gasteiger partial charge in [0.2, 0.25) is 0 Å². The third-order valence-corrected chi connectivity index (χ3v) is 3.29. The SMILES string of the molecule is COC(=O)c1ccc(CC(CCCC(C)=O)C(=O)O)cc1. The summed E-state index contributed by atoms with van der Waals surface area (Å²) >= 11 is 0. The van der Waals surface area contributed by atoms with Gasteiger partial charge in [-0.05, 0) is 43.9 Å². The first-order chi connectivity index (χ1) is 9.93. The molecule has 21 heavy (non-hydrogen) atoms. The molecule has 0 bridgehead atoms. The van der Waals surface area contributed by atoms with Crippen molar-refractivity contribution in [3.63, 3.8) is 0 Å². The number of hydrogen-bond donors (Lipinski definition) is 1. The van der Waals surface area contributed by atoms with E-state index in [0.717, 1.165) is 5.56 Å². The van der Waals surface area contributed by atoms with Crippen molar-refractivity contribution in [2.75, 3.05) is 7.11 Å². The van der Waals surface area contributed by atoms with E-state index in [2.05, 4.69) is 4.74 Å². The zero-order chi connectivity index (χ0) is 15.8. The van der Waals surface area contributed by atoms with Gasteiger partial charge in [0.25, 0.3) is 0 Å². The van der Waals surface area contributed by atoms with Crippen LogP contribution >= 0.6 is 0 Å². The largest absolute Gasteiger partial charge is 0.481 e. The number of rotatable bonds is 8. The minimum Gasteiger partial charge on any atom is -0.481 e. The Morgan fingerprint density at radius 3 is 2.29 bits per heavy atom. The van der Waals surface area contributed by atoms with E-state index < -0.39 is 17.9 Å². The van der Waals surface area contributed by atoms with Gasteiger partial charge in [-0.2, -0.15) is 0 Å². The molecule has 1 aromatic rings. The summed E-state index contributed by atoms with van der Waals surface area (Å²) in [6, 6.07) is 6.70. The summed E-state index contributed by atoms with van der Waals surface area (Å²) in [5.74, 6) is -1.73. The van der Waals surface area contributed by atoms with E-state index in [1.54, 1.807) is 24.3 Å². The number of carboxylic acid groups (broad SMARTS) is 1. The molecule has 1 N–H and O–H groups in total. The molecule has 114 valence electrons. The molecule has 0 saturated carbocycles. The highest BCUT2D eigenvalue weighted by molar-refractivity contribution is 5.89. The molecular weight excluding hydrogens is 272 g/mol. The van der Waals surface area contributed by atoms with E-state index in [9.17, 15) is 19.5 Å². The van der Waals surface area contributed by atoms with E-state index in [0.29, 0.717) is 31.2 Å². The predicted molar refractivity (Wildman–Crippen MR) is 77.1 cm³/mol. The molecule has 0 aromatic heterocycles. The van der Waals surface area contributed by atoms with Gasteiger partial charge < -0.3 is 14.6 Å². The van der Waals surface area contributed by atoms with Gasteiger partial charge in [-0.1, -0.05) is 12.1 Å². The molecule has 5 nitrogen and oxygen atoms in total. The van der Waals surface area contributed by atoms with Crippen LogP contribution in [0.1, 0.15) is 42.1 Å². The zero-order valence-corrected chi connectivity index (χ0v) is 12.3.